The molecule has 0 saturated heterocycles. The number of benzene rings is 1. The standard InChI is InChI=1S/C22H22FN5O2S/c1-14-18(15(2)28(27-14)13-3-12-24)8-11-21(29)25-26-22(30)20-10-9-19(31-20)16-4-6-17(23)7-5-16/h4-7,9-10H,3,8,11,13H2,1-2H3,(H,25,29)(H,26,30). The van der Waals surface area contributed by atoms with Crippen molar-refractivity contribution in [3.63, 3.8) is 0 Å². The number of thiophene rings is 1. The van der Waals surface area contributed by atoms with Crippen LogP contribution in [0.25, 0.3) is 10.4 Å². The number of nitriles is 1. The van der Waals surface area contributed by atoms with Crippen molar-refractivity contribution in [2.24, 2.45) is 0 Å². The van der Waals surface area contributed by atoms with E-state index in [0.717, 1.165) is 27.4 Å². The molecule has 9 heteroatoms. The van der Waals surface area contributed by atoms with Crippen molar-refractivity contribution in [1.82, 2.24) is 20.6 Å². The fourth-order valence-electron chi connectivity index (χ4n) is 3.19. The molecule has 1 aromatic carbocycles. The highest BCUT2D eigenvalue weighted by molar-refractivity contribution is 7.17. The highest BCUT2D eigenvalue weighted by Crippen LogP contribution is 2.28. The normalized spacial score (nSPS) is 10.5. The third-order valence-electron chi connectivity index (χ3n) is 4.84. The van der Waals surface area contributed by atoms with Crippen LogP contribution < -0.4 is 10.9 Å². The van der Waals surface area contributed by atoms with Crippen LogP contribution in [0, 0.1) is 31.0 Å². The van der Waals surface area contributed by atoms with Gasteiger partial charge in [-0.1, -0.05) is 12.1 Å². The monoisotopic (exact) mass is 439 g/mol. The van der Waals surface area contributed by atoms with Crippen molar-refractivity contribution in [1.29, 1.82) is 5.26 Å². The minimum absolute atomic E-state index is 0.192. The number of carbonyl (C=O) groups is 2. The first kappa shape index (κ1) is 22.2. The lowest BCUT2D eigenvalue weighted by Gasteiger charge is -2.07. The molecule has 0 bridgehead atoms. The van der Waals surface area contributed by atoms with Gasteiger partial charge in [-0.15, -0.1) is 11.3 Å². The fraction of sp³-hybridized carbons (Fsp3) is 0.273. The van der Waals surface area contributed by atoms with E-state index in [1.807, 2.05) is 13.8 Å². The maximum absolute atomic E-state index is 13.1. The summed E-state index contributed by atoms with van der Waals surface area (Å²) in [5, 5.41) is 13.2. The van der Waals surface area contributed by atoms with Crippen LogP contribution in [0.1, 0.15) is 39.5 Å². The largest absolute Gasteiger partial charge is 0.279 e. The van der Waals surface area contributed by atoms with Gasteiger partial charge < -0.3 is 0 Å². The molecule has 0 atom stereocenters. The average molecular weight is 440 g/mol. The average Bonchev–Trinajstić information content (AvgIpc) is 3.35. The van der Waals surface area contributed by atoms with Gasteiger partial charge in [0.25, 0.3) is 5.91 Å². The summed E-state index contributed by atoms with van der Waals surface area (Å²) in [5.41, 5.74) is 8.43. The first-order chi connectivity index (χ1) is 14.9. The highest BCUT2D eigenvalue weighted by atomic mass is 32.1. The van der Waals surface area contributed by atoms with E-state index in [1.165, 1.54) is 23.5 Å². The van der Waals surface area contributed by atoms with Gasteiger partial charge in [0.1, 0.15) is 5.82 Å². The van der Waals surface area contributed by atoms with E-state index in [-0.39, 0.29) is 18.1 Å². The molecule has 0 unspecified atom stereocenters. The summed E-state index contributed by atoms with van der Waals surface area (Å²) in [4.78, 5) is 25.8. The van der Waals surface area contributed by atoms with Gasteiger partial charge in [0.2, 0.25) is 5.91 Å². The van der Waals surface area contributed by atoms with Gasteiger partial charge in [-0.25, -0.2) is 4.39 Å². The molecule has 0 radical (unpaired) electrons. The molecule has 2 aromatic heterocycles. The second-order valence-corrected chi connectivity index (χ2v) is 8.04. The second-order valence-electron chi connectivity index (χ2n) is 6.95. The summed E-state index contributed by atoms with van der Waals surface area (Å²) < 4.78 is 14.8. The number of rotatable bonds is 7. The number of halogens is 1. The number of nitrogens with zero attached hydrogens (tertiary/aromatic N) is 3. The molecule has 2 N–H and O–H groups in total. The van der Waals surface area contributed by atoms with Crippen LogP contribution in [-0.4, -0.2) is 21.6 Å². The van der Waals surface area contributed by atoms with E-state index in [0.29, 0.717) is 24.3 Å². The predicted molar refractivity (Wildman–Crippen MR) is 116 cm³/mol. The Balaban J connectivity index is 1.51. The van der Waals surface area contributed by atoms with Crippen LogP contribution in [0.4, 0.5) is 4.39 Å². The number of carbonyl (C=O) groups excluding carboxylic acids is 2. The number of aryl methyl sites for hydroxylation is 2. The molecule has 2 heterocycles. The third-order valence-corrected chi connectivity index (χ3v) is 5.98. The van der Waals surface area contributed by atoms with E-state index in [1.54, 1.807) is 28.9 Å². The van der Waals surface area contributed by atoms with Crippen LogP contribution in [0.15, 0.2) is 36.4 Å². The van der Waals surface area contributed by atoms with Gasteiger partial charge >= 0.3 is 0 Å². The first-order valence-corrected chi connectivity index (χ1v) is 10.6. The minimum Gasteiger partial charge on any atom is -0.273 e. The first-order valence-electron chi connectivity index (χ1n) is 9.74. The Morgan fingerprint density at radius 3 is 2.61 bits per heavy atom. The highest BCUT2D eigenvalue weighted by Gasteiger charge is 2.15. The van der Waals surface area contributed by atoms with Crippen molar-refractivity contribution in [3.05, 3.63) is 64.0 Å². The van der Waals surface area contributed by atoms with Crippen molar-refractivity contribution >= 4 is 23.2 Å². The lowest BCUT2D eigenvalue weighted by molar-refractivity contribution is -0.121. The van der Waals surface area contributed by atoms with Gasteiger partial charge in [0, 0.05) is 17.0 Å². The van der Waals surface area contributed by atoms with E-state index < -0.39 is 5.91 Å². The molecule has 2 amide bonds. The Bertz CT molecular complexity index is 1130. The summed E-state index contributed by atoms with van der Waals surface area (Å²) >= 11 is 1.26. The van der Waals surface area contributed by atoms with Crippen molar-refractivity contribution in [2.45, 2.75) is 39.7 Å². The molecule has 0 aliphatic rings. The molecule has 0 saturated carbocycles. The zero-order chi connectivity index (χ0) is 22.4. The zero-order valence-corrected chi connectivity index (χ0v) is 18.1. The molecule has 0 aliphatic carbocycles. The molecule has 0 spiro atoms. The van der Waals surface area contributed by atoms with Crippen molar-refractivity contribution in [3.8, 4) is 16.5 Å². The quantitative estimate of drug-likeness (QED) is 0.549. The number of aromatic nitrogens is 2. The molecule has 3 rings (SSSR count). The van der Waals surface area contributed by atoms with Gasteiger partial charge in [0.05, 0.1) is 29.6 Å². The zero-order valence-electron chi connectivity index (χ0n) is 17.2. The lowest BCUT2D eigenvalue weighted by atomic mass is 10.1. The second kappa shape index (κ2) is 10.00. The lowest BCUT2D eigenvalue weighted by Crippen LogP contribution is -2.41. The van der Waals surface area contributed by atoms with Gasteiger partial charge in [0.15, 0.2) is 0 Å². The fourth-order valence-corrected chi connectivity index (χ4v) is 4.09. The molecule has 7 nitrogen and oxygen atoms in total. The summed E-state index contributed by atoms with van der Waals surface area (Å²) in [6, 6.07) is 11.6. The summed E-state index contributed by atoms with van der Waals surface area (Å²) in [6.07, 6.45) is 1.05. The predicted octanol–water partition coefficient (Wildman–Crippen LogP) is 3.68. The molecule has 31 heavy (non-hydrogen) atoms. The summed E-state index contributed by atoms with van der Waals surface area (Å²) in [6.45, 7) is 4.31. The smallest absolute Gasteiger partial charge is 0.273 e. The van der Waals surface area contributed by atoms with E-state index in [4.69, 9.17) is 5.26 Å². The van der Waals surface area contributed by atoms with E-state index >= 15 is 0 Å². The molecular formula is C22H22FN5O2S. The molecular weight excluding hydrogens is 417 g/mol. The van der Waals surface area contributed by atoms with Crippen molar-refractivity contribution < 1.29 is 14.0 Å². The topological polar surface area (TPSA) is 99.8 Å². The number of hydrogen-bond donors (Lipinski definition) is 2. The molecule has 3 aromatic rings. The maximum Gasteiger partial charge on any atom is 0.279 e. The van der Waals surface area contributed by atoms with E-state index in [9.17, 15) is 14.0 Å². The van der Waals surface area contributed by atoms with E-state index in [2.05, 4.69) is 22.0 Å². The van der Waals surface area contributed by atoms with Crippen LogP contribution in [0.3, 0.4) is 0 Å². The number of nitrogens with one attached hydrogen (secondary N) is 2. The Hall–Kier alpha value is -3.51. The Labute approximate surface area is 183 Å². The van der Waals surface area contributed by atoms with Crippen LogP contribution >= 0.6 is 11.3 Å². The third kappa shape index (κ3) is 5.55. The van der Waals surface area contributed by atoms with Gasteiger partial charge in [-0.3, -0.25) is 25.1 Å². The Kier molecular flexibility index (Phi) is 7.15. The van der Waals surface area contributed by atoms with Crippen LogP contribution in [-0.2, 0) is 17.8 Å². The van der Waals surface area contributed by atoms with Crippen LogP contribution in [0.2, 0.25) is 0 Å². The van der Waals surface area contributed by atoms with Crippen molar-refractivity contribution in [2.75, 3.05) is 0 Å². The summed E-state index contributed by atoms with van der Waals surface area (Å²) in [7, 11) is 0. The molecule has 160 valence electrons. The molecule has 0 fully saturated rings. The minimum atomic E-state index is -0.414. The summed E-state index contributed by atoms with van der Waals surface area (Å²) in [5.74, 6) is -1.04. The molecule has 0 aliphatic heterocycles. The SMILES string of the molecule is Cc1nn(CCC#N)c(C)c1CCC(=O)NNC(=O)c1ccc(-c2ccc(F)cc2)s1. The number of amides is 2. The number of hydrogen-bond acceptors (Lipinski definition) is 5. The Morgan fingerprint density at radius 1 is 1.16 bits per heavy atom. The number of hydrazine groups is 1. The van der Waals surface area contributed by atoms with Gasteiger partial charge in [-0.2, -0.15) is 10.4 Å². The van der Waals surface area contributed by atoms with Gasteiger partial charge in [-0.05, 0) is 55.7 Å². The van der Waals surface area contributed by atoms with Crippen LogP contribution in [0.5, 0.6) is 0 Å². The maximum atomic E-state index is 13.1. The Morgan fingerprint density at radius 2 is 1.90 bits per heavy atom.